The van der Waals surface area contributed by atoms with Gasteiger partial charge in [-0.1, -0.05) is 0 Å². The first-order valence-electron chi connectivity index (χ1n) is 12.0. The fourth-order valence-corrected chi connectivity index (χ4v) is 5.20. The highest BCUT2D eigenvalue weighted by atomic mass is 19.3. The lowest BCUT2D eigenvalue weighted by atomic mass is 9.86. The quantitative estimate of drug-likeness (QED) is 0.565. The van der Waals surface area contributed by atoms with E-state index < -0.39 is 12.3 Å². The third kappa shape index (κ3) is 4.36. The fraction of sp³-hybridized carbons (Fsp3) is 0.423. The molecule has 0 bridgehead atoms. The molecule has 5 rings (SSSR count). The van der Waals surface area contributed by atoms with E-state index >= 15 is 0 Å². The summed E-state index contributed by atoms with van der Waals surface area (Å²) in [5, 5.41) is 3.61. The number of halogens is 2. The van der Waals surface area contributed by atoms with E-state index in [0.29, 0.717) is 18.9 Å². The van der Waals surface area contributed by atoms with Gasteiger partial charge >= 0.3 is 0 Å². The topological polar surface area (TPSA) is 93.1 Å². The molecule has 188 valence electrons. The zero-order valence-electron chi connectivity index (χ0n) is 20.5. The number of amides is 1. The van der Waals surface area contributed by atoms with Crippen molar-refractivity contribution >= 4 is 11.7 Å². The molecule has 36 heavy (non-hydrogen) atoms. The smallest absolute Gasteiger partial charge is 0.265 e. The summed E-state index contributed by atoms with van der Waals surface area (Å²) in [5.41, 5.74) is 2.54. The van der Waals surface area contributed by atoms with Crippen LogP contribution in [0.1, 0.15) is 54.5 Å². The number of fused-ring (bicyclic) bond motifs is 1. The Morgan fingerprint density at radius 2 is 1.94 bits per heavy atom. The first-order chi connectivity index (χ1) is 17.3. The Balaban J connectivity index is 1.34. The van der Waals surface area contributed by atoms with Crippen molar-refractivity contribution in [3.8, 4) is 17.3 Å². The zero-order valence-corrected chi connectivity index (χ0v) is 20.5. The number of rotatable bonds is 5. The maximum Gasteiger partial charge on any atom is 0.265 e. The summed E-state index contributed by atoms with van der Waals surface area (Å²) in [6.45, 7) is 4.64. The van der Waals surface area contributed by atoms with Crippen LogP contribution < -0.4 is 10.1 Å². The van der Waals surface area contributed by atoms with Gasteiger partial charge in [-0.2, -0.15) is 0 Å². The largest absolute Gasteiger partial charge is 0.481 e. The molecule has 1 saturated heterocycles. The van der Waals surface area contributed by atoms with Gasteiger partial charge in [0.2, 0.25) is 11.8 Å². The standard InChI is InChI=1S/C26H28F2N6O2/c1-15(18-12-21(36-3)31-13-20(18)22(27)28)25(35)34-10-7-26(14-34)6-5-17-11-19(16(2)32-23(17)33-26)24-29-8-4-9-30-24/h4,8-9,11-13,15,22H,5-7,10,14H2,1-3H3,(H,32,33)/t15?,26-/m0/s1. The lowest BCUT2D eigenvalue weighted by Crippen LogP contribution is -2.46. The van der Waals surface area contributed by atoms with Gasteiger partial charge in [0.25, 0.3) is 6.43 Å². The number of alkyl halides is 2. The predicted molar refractivity (Wildman–Crippen MR) is 130 cm³/mol. The van der Waals surface area contributed by atoms with Crippen LogP contribution in [0.4, 0.5) is 14.6 Å². The molecule has 3 aromatic rings. The number of aryl methyl sites for hydroxylation is 2. The van der Waals surface area contributed by atoms with Gasteiger partial charge in [0, 0.05) is 48.9 Å². The molecule has 0 saturated carbocycles. The maximum atomic E-state index is 13.6. The summed E-state index contributed by atoms with van der Waals surface area (Å²) in [6.07, 6.45) is 4.20. The third-order valence-electron chi connectivity index (χ3n) is 7.24. The van der Waals surface area contributed by atoms with Crippen LogP contribution >= 0.6 is 0 Å². The van der Waals surface area contributed by atoms with Crippen molar-refractivity contribution in [2.24, 2.45) is 0 Å². The average Bonchev–Trinajstić information content (AvgIpc) is 3.30. The Morgan fingerprint density at radius 3 is 2.67 bits per heavy atom. The number of carbonyl (C=O) groups excluding carboxylic acids is 1. The monoisotopic (exact) mass is 494 g/mol. The minimum absolute atomic E-state index is 0.185. The van der Waals surface area contributed by atoms with Gasteiger partial charge in [-0.3, -0.25) is 4.79 Å². The number of carbonyl (C=O) groups is 1. The van der Waals surface area contributed by atoms with Crippen LogP contribution in [0, 0.1) is 6.92 Å². The lowest BCUT2D eigenvalue weighted by Gasteiger charge is -2.36. The van der Waals surface area contributed by atoms with E-state index in [1.54, 1.807) is 30.3 Å². The molecule has 2 atom stereocenters. The van der Waals surface area contributed by atoms with Crippen LogP contribution in [0.15, 0.2) is 36.8 Å². The second kappa shape index (κ2) is 9.40. The highest BCUT2D eigenvalue weighted by Crippen LogP contribution is 2.39. The van der Waals surface area contributed by atoms with Gasteiger partial charge in [-0.05, 0) is 56.4 Å². The van der Waals surface area contributed by atoms with Crippen LogP contribution in [-0.4, -0.2) is 56.5 Å². The second-order valence-corrected chi connectivity index (χ2v) is 9.49. The van der Waals surface area contributed by atoms with E-state index in [9.17, 15) is 13.6 Å². The molecule has 1 N–H and O–H groups in total. The molecule has 2 aliphatic rings. The Bertz CT molecular complexity index is 1290. The Hall–Kier alpha value is -3.69. The summed E-state index contributed by atoms with van der Waals surface area (Å²) in [4.78, 5) is 32.6. The molecular weight excluding hydrogens is 466 g/mol. The molecular formula is C26H28F2N6O2. The summed E-state index contributed by atoms with van der Waals surface area (Å²) in [7, 11) is 1.42. The summed E-state index contributed by atoms with van der Waals surface area (Å²) >= 11 is 0. The molecule has 2 aliphatic heterocycles. The number of likely N-dealkylation sites (tertiary alicyclic amines) is 1. The second-order valence-electron chi connectivity index (χ2n) is 9.49. The van der Waals surface area contributed by atoms with Crippen molar-refractivity contribution in [3.05, 3.63) is 59.2 Å². The fourth-order valence-electron chi connectivity index (χ4n) is 5.20. The van der Waals surface area contributed by atoms with Crippen LogP contribution in [-0.2, 0) is 11.2 Å². The van der Waals surface area contributed by atoms with Gasteiger partial charge in [0.05, 0.1) is 24.3 Å². The number of hydrogen-bond acceptors (Lipinski definition) is 7. The predicted octanol–water partition coefficient (Wildman–Crippen LogP) is 4.32. The van der Waals surface area contributed by atoms with Crippen molar-refractivity contribution in [2.75, 3.05) is 25.5 Å². The SMILES string of the molecule is COc1cc(C(C)C(=O)N2CC[C@@]3(CCc4cc(-c5ncccn5)c(C)nc4N3)C2)c(C(F)F)cn1. The molecule has 8 nitrogen and oxygen atoms in total. The molecule has 0 radical (unpaired) electrons. The van der Waals surface area contributed by atoms with Gasteiger partial charge in [0.1, 0.15) is 5.82 Å². The van der Waals surface area contributed by atoms with Crippen LogP contribution in [0.25, 0.3) is 11.4 Å². The van der Waals surface area contributed by atoms with Crippen molar-refractivity contribution in [1.82, 2.24) is 24.8 Å². The number of aromatic nitrogens is 4. The van der Waals surface area contributed by atoms with Crippen LogP contribution in [0.2, 0.25) is 0 Å². The van der Waals surface area contributed by atoms with E-state index in [4.69, 9.17) is 9.72 Å². The van der Waals surface area contributed by atoms with Gasteiger partial charge in [-0.25, -0.2) is 28.7 Å². The van der Waals surface area contributed by atoms with Crippen molar-refractivity contribution < 1.29 is 18.3 Å². The van der Waals surface area contributed by atoms with E-state index in [-0.39, 0.29) is 28.5 Å². The Kier molecular flexibility index (Phi) is 6.27. The van der Waals surface area contributed by atoms with Crippen LogP contribution in [0.5, 0.6) is 5.88 Å². The van der Waals surface area contributed by atoms with E-state index in [1.807, 2.05) is 6.92 Å². The van der Waals surface area contributed by atoms with Gasteiger partial charge < -0.3 is 15.0 Å². The molecule has 1 spiro atoms. The van der Waals surface area contributed by atoms with Crippen molar-refractivity contribution in [2.45, 2.75) is 51.0 Å². The van der Waals surface area contributed by atoms with E-state index in [1.165, 1.54) is 13.2 Å². The minimum Gasteiger partial charge on any atom is -0.481 e. The first kappa shape index (κ1) is 24.0. The third-order valence-corrected chi connectivity index (χ3v) is 7.24. The summed E-state index contributed by atoms with van der Waals surface area (Å²) in [6, 6.07) is 5.31. The van der Waals surface area contributed by atoms with Gasteiger partial charge in [-0.15, -0.1) is 0 Å². The first-order valence-corrected chi connectivity index (χ1v) is 12.0. The summed E-state index contributed by atoms with van der Waals surface area (Å²) < 4.78 is 32.4. The molecule has 5 heterocycles. The molecule has 0 aliphatic carbocycles. The highest BCUT2D eigenvalue weighted by Gasteiger charge is 2.43. The van der Waals surface area contributed by atoms with E-state index in [0.717, 1.165) is 48.1 Å². The zero-order chi connectivity index (χ0) is 25.4. The van der Waals surface area contributed by atoms with Gasteiger partial charge in [0.15, 0.2) is 5.82 Å². The van der Waals surface area contributed by atoms with Crippen LogP contribution in [0.3, 0.4) is 0 Å². The lowest BCUT2D eigenvalue weighted by molar-refractivity contribution is -0.131. The highest BCUT2D eigenvalue weighted by molar-refractivity contribution is 5.84. The average molecular weight is 495 g/mol. The number of methoxy groups -OCH3 is 1. The number of nitrogens with zero attached hydrogens (tertiary/aromatic N) is 5. The van der Waals surface area contributed by atoms with E-state index in [2.05, 4.69) is 26.3 Å². The number of hydrogen-bond donors (Lipinski definition) is 1. The minimum atomic E-state index is -2.73. The number of ether oxygens (including phenoxy) is 1. The molecule has 10 heteroatoms. The molecule has 1 unspecified atom stereocenters. The molecule has 1 fully saturated rings. The Morgan fingerprint density at radius 1 is 1.17 bits per heavy atom. The van der Waals surface area contributed by atoms with Crippen molar-refractivity contribution in [1.29, 1.82) is 0 Å². The molecule has 0 aromatic carbocycles. The number of pyridine rings is 2. The number of nitrogens with one attached hydrogen (secondary N) is 1. The Labute approximate surface area is 208 Å². The normalized spacial score (nSPS) is 19.8. The molecule has 1 amide bonds. The maximum absolute atomic E-state index is 13.6. The molecule has 3 aromatic heterocycles. The van der Waals surface area contributed by atoms with Crippen molar-refractivity contribution in [3.63, 3.8) is 0 Å². The summed E-state index contributed by atoms with van der Waals surface area (Å²) in [5.74, 6) is 0.744. The number of anilines is 1.